The first-order valence-corrected chi connectivity index (χ1v) is 6.71. The summed E-state index contributed by atoms with van der Waals surface area (Å²) in [5, 5.41) is 3.34. The largest absolute Gasteiger partial charge is 0.370 e. The minimum atomic E-state index is 0.275. The first-order valence-electron chi connectivity index (χ1n) is 6.71. The monoisotopic (exact) mass is 249 g/mol. The van der Waals surface area contributed by atoms with Gasteiger partial charge in [0, 0.05) is 31.7 Å². The Balaban J connectivity index is 1.92. The molecule has 0 spiro atoms. The van der Waals surface area contributed by atoms with Crippen LogP contribution in [0.4, 0.5) is 11.6 Å². The molecule has 18 heavy (non-hydrogen) atoms. The molecule has 0 radical (unpaired) electrons. The van der Waals surface area contributed by atoms with Crippen molar-refractivity contribution in [1.29, 1.82) is 0 Å². The van der Waals surface area contributed by atoms with Crippen LogP contribution in [-0.4, -0.2) is 35.6 Å². The van der Waals surface area contributed by atoms with E-state index < -0.39 is 0 Å². The molecule has 2 heterocycles. The number of nitrogens with zero attached hydrogens (tertiary/aromatic N) is 3. The lowest BCUT2D eigenvalue weighted by Crippen LogP contribution is -2.27. The fourth-order valence-corrected chi connectivity index (χ4v) is 2.10. The normalized spacial score (nSPS) is 19.6. The Kier molecular flexibility index (Phi) is 4.36. The second-order valence-electron chi connectivity index (χ2n) is 5.37. The third kappa shape index (κ3) is 3.57. The fourth-order valence-electron chi connectivity index (χ4n) is 2.10. The molecule has 1 aliphatic heterocycles. The minimum absolute atomic E-state index is 0.275. The Hall–Kier alpha value is -1.36. The Morgan fingerprint density at radius 1 is 1.50 bits per heavy atom. The molecule has 1 fully saturated rings. The van der Waals surface area contributed by atoms with Gasteiger partial charge >= 0.3 is 0 Å². The summed E-state index contributed by atoms with van der Waals surface area (Å²) < 4.78 is 0. The lowest BCUT2D eigenvalue weighted by atomic mass is 10.1. The number of nitrogens with two attached hydrogens (primary N) is 1. The summed E-state index contributed by atoms with van der Waals surface area (Å²) in [5.74, 6) is 2.58. The molecular weight excluding hydrogens is 226 g/mol. The first kappa shape index (κ1) is 13.1. The smallest absolute Gasteiger partial charge is 0.134 e. The van der Waals surface area contributed by atoms with Crippen LogP contribution in [0, 0.1) is 5.92 Å². The zero-order chi connectivity index (χ0) is 13.0. The Labute approximate surface area is 109 Å². The number of rotatable bonds is 5. The second kappa shape index (κ2) is 6.00. The van der Waals surface area contributed by atoms with Crippen LogP contribution in [0.2, 0.25) is 0 Å². The Morgan fingerprint density at radius 3 is 3.00 bits per heavy atom. The molecule has 1 unspecified atom stereocenters. The summed E-state index contributed by atoms with van der Waals surface area (Å²) in [5.41, 5.74) is 5.91. The molecule has 100 valence electrons. The van der Waals surface area contributed by atoms with Gasteiger partial charge < -0.3 is 16.0 Å². The van der Waals surface area contributed by atoms with E-state index in [4.69, 9.17) is 5.73 Å². The van der Waals surface area contributed by atoms with E-state index >= 15 is 0 Å². The molecule has 0 bridgehead atoms. The van der Waals surface area contributed by atoms with Crippen LogP contribution in [0.3, 0.4) is 0 Å². The molecule has 0 amide bonds. The van der Waals surface area contributed by atoms with Gasteiger partial charge in [0.05, 0.1) is 0 Å². The van der Waals surface area contributed by atoms with Crippen molar-refractivity contribution < 1.29 is 0 Å². The quantitative estimate of drug-likeness (QED) is 0.827. The van der Waals surface area contributed by atoms with Crippen LogP contribution >= 0.6 is 0 Å². The van der Waals surface area contributed by atoms with Crippen LogP contribution < -0.4 is 16.0 Å². The summed E-state index contributed by atoms with van der Waals surface area (Å²) in [6.45, 7) is 7.27. The van der Waals surface area contributed by atoms with Crippen LogP contribution in [0.25, 0.3) is 0 Å². The number of nitrogens with one attached hydrogen (secondary N) is 1. The third-order valence-corrected chi connectivity index (χ3v) is 3.23. The molecular formula is C13H23N5. The predicted octanol–water partition coefficient (Wildman–Crippen LogP) is 1.47. The SMILES string of the molecule is CC(C)CCNc1cc(N2CCC(N)C2)ncn1. The van der Waals surface area contributed by atoms with E-state index in [9.17, 15) is 0 Å². The highest BCUT2D eigenvalue weighted by Gasteiger charge is 2.20. The molecule has 2 rings (SSSR count). The van der Waals surface area contributed by atoms with E-state index in [1.54, 1.807) is 6.33 Å². The lowest BCUT2D eigenvalue weighted by Gasteiger charge is -2.17. The van der Waals surface area contributed by atoms with E-state index in [-0.39, 0.29) is 6.04 Å². The van der Waals surface area contributed by atoms with Crippen LogP contribution in [0.15, 0.2) is 12.4 Å². The summed E-state index contributed by atoms with van der Waals surface area (Å²) in [4.78, 5) is 10.8. The van der Waals surface area contributed by atoms with Gasteiger partial charge in [0.2, 0.25) is 0 Å². The van der Waals surface area contributed by atoms with Crippen molar-refractivity contribution in [3.8, 4) is 0 Å². The van der Waals surface area contributed by atoms with Crippen LogP contribution in [-0.2, 0) is 0 Å². The third-order valence-electron chi connectivity index (χ3n) is 3.23. The molecule has 0 saturated carbocycles. The van der Waals surface area contributed by atoms with Gasteiger partial charge in [-0.3, -0.25) is 0 Å². The first-order chi connectivity index (χ1) is 8.65. The van der Waals surface area contributed by atoms with Crippen molar-refractivity contribution in [3.63, 3.8) is 0 Å². The number of aromatic nitrogens is 2. The molecule has 5 heteroatoms. The maximum absolute atomic E-state index is 5.91. The molecule has 5 nitrogen and oxygen atoms in total. The predicted molar refractivity (Wildman–Crippen MR) is 74.8 cm³/mol. The van der Waals surface area contributed by atoms with Gasteiger partial charge in [-0.2, -0.15) is 0 Å². The molecule has 1 atom stereocenters. The van der Waals surface area contributed by atoms with Crippen molar-refractivity contribution >= 4 is 11.6 Å². The minimum Gasteiger partial charge on any atom is -0.370 e. The van der Waals surface area contributed by atoms with Crippen molar-refractivity contribution in [1.82, 2.24) is 9.97 Å². The van der Waals surface area contributed by atoms with Gasteiger partial charge in [-0.25, -0.2) is 9.97 Å². The van der Waals surface area contributed by atoms with Crippen LogP contribution in [0.1, 0.15) is 26.7 Å². The van der Waals surface area contributed by atoms with E-state index in [1.807, 2.05) is 6.07 Å². The maximum Gasteiger partial charge on any atom is 0.134 e. The van der Waals surface area contributed by atoms with E-state index in [0.29, 0.717) is 5.92 Å². The van der Waals surface area contributed by atoms with Gasteiger partial charge in [-0.05, 0) is 18.8 Å². The average Bonchev–Trinajstić information content (AvgIpc) is 2.76. The standard InChI is InChI=1S/C13H23N5/c1-10(2)3-5-15-12-7-13(17-9-16-12)18-6-4-11(14)8-18/h7,9-11H,3-6,8,14H2,1-2H3,(H,15,16,17). The number of hydrogen-bond donors (Lipinski definition) is 2. The molecule has 0 aliphatic carbocycles. The summed E-state index contributed by atoms with van der Waals surface area (Å²) in [6.07, 6.45) is 3.81. The number of anilines is 2. The lowest BCUT2D eigenvalue weighted by molar-refractivity contribution is 0.606. The van der Waals surface area contributed by atoms with E-state index in [0.717, 1.165) is 44.1 Å². The molecule has 3 N–H and O–H groups in total. The molecule has 1 saturated heterocycles. The highest BCUT2D eigenvalue weighted by molar-refractivity contribution is 5.49. The second-order valence-corrected chi connectivity index (χ2v) is 5.37. The zero-order valence-corrected chi connectivity index (χ0v) is 11.3. The average molecular weight is 249 g/mol. The van der Waals surface area contributed by atoms with Crippen molar-refractivity contribution in [2.45, 2.75) is 32.7 Å². The van der Waals surface area contributed by atoms with Gasteiger partial charge in [-0.1, -0.05) is 13.8 Å². The van der Waals surface area contributed by atoms with Crippen molar-refractivity contribution in [2.24, 2.45) is 11.7 Å². The van der Waals surface area contributed by atoms with Gasteiger partial charge in [-0.15, -0.1) is 0 Å². The summed E-state index contributed by atoms with van der Waals surface area (Å²) in [6, 6.07) is 2.29. The maximum atomic E-state index is 5.91. The van der Waals surface area contributed by atoms with Gasteiger partial charge in [0.1, 0.15) is 18.0 Å². The molecule has 1 aliphatic rings. The Morgan fingerprint density at radius 2 is 2.33 bits per heavy atom. The van der Waals surface area contributed by atoms with E-state index in [1.165, 1.54) is 0 Å². The fraction of sp³-hybridized carbons (Fsp3) is 0.692. The molecule has 1 aromatic heterocycles. The van der Waals surface area contributed by atoms with Crippen molar-refractivity contribution in [3.05, 3.63) is 12.4 Å². The molecule has 0 aromatic carbocycles. The molecule has 1 aromatic rings. The topological polar surface area (TPSA) is 67.1 Å². The number of hydrogen-bond acceptors (Lipinski definition) is 5. The van der Waals surface area contributed by atoms with Gasteiger partial charge in [0.15, 0.2) is 0 Å². The van der Waals surface area contributed by atoms with Crippen LogP contribution in [0.5, 0.6) is 0 Å². The summed E-state index contributed by atoms with van der Waals surface area (Å²) >= 11 is 0. The highest BCUT2D eigenvalue weighted by Crippen LogP contribution is 2.19. The zero-order valence-electron chi connectivity index (χ0n) is 11.3. The van der Waals surface area contributed by atoms with E-state index in [2.05, 4.69) is 34.0 Å². The Bertz CT molecular complexity index is 379. The summed E-state index contributed by atoms with van der Waals surface area (Å²) in [7, 11) is 0. The highest BCUT2D eigenvalue weighted by atomic mass is 15.2. The van der Waals surface area contributed by atoms with Gasteiger partial charge in [0.25, 0.3) is 0 Å². The van der Waals surface area contributed by atoms with Crippen molar-refractivity contribution in [2.75, 3.05) is 29.9 Å².